The van der Waals surface area contributed by atoms with Gasteiger partial charge >= 0.3 is 0 Å². The number of benzene rings is 2. The van der Waals surface area contributed by atoms with Crippen LogP contribution in [0.3, 0.4) is 0 Å². The Morgan fingerprint density at radius 1 is 1.21 bits per heavy atom. The van der Waals surface area contributed by atoms with E-state index >= 15 is 0 Å². The molecule has 0 aliphatic carbocycles. The van der Waals surface area contributed by atoms with Crippen molar-refractivity contribution in [3.05, 3.63) is 65.0 Å². The van der Waals surface area contributed by atoms with Crippen LogP contribution in [0.4, 0.5) is 4.39 Å². The van der Waals surface area contributed by atoms with E-state index in [0.29, 0.717) is 17.7 Å². The fourth-order valence-corrected chi connectivity index (χ4v) is 2.12. The highest BCUT2D eigenvalue weighted by Gasteiger charge is 2.14. The van der Waals surface area contributed by atoms with Gasteiger partial charge in [0.1, 0.15) is 11.6 Å². The molecule has 0 saturated carbocycles. The Bertz CT molecular complexity index is 566. The highest BCUT2D eigenvalue weighted by molar-refractivity contribution is 5.37. The third-order valence-electron chi connectivity index (χ3n) is 3.22. The van der Waals surface area contributed by atoms with Crippen molar-refractivity contribution in [2.24, 2.45) is 0 Å². The molecule has 0 fully saturated rings. The first-order valence-electron chi connectivity index (χ1n) is 6.18. The lowest BCUT2D eigenvalue weighted by molar-refractivity contribution is 0.173. The van der Waals surface area contributed by atoms with Crippen molar-refractivity contribution in [3.63, 3.8) is 0 Å². The maximum absolute atomic E-state index is 13.2. The van der Waals surface area contributed by atoms with Gasteiger partial charge in [-0.05, 0) is 36.2 Å². The van der Waals surface area contributed by atoms with E-state index in [1.807, 2.05) is 25.1 Å². The first-order valence-corrected chi connectivity index (χ1v) is 6.18. The molecular weight excluding hydrogens is 243 g/mol. The van der Waals surface area contributed by atoms with Crippen LogP contribution < -0.4 is 4.74 Å². The number of ether oxygens (including phenoxy) is 1. The van der Waals surface area contributed by atoms with Crippen molar-refractivity contribution in [3.8, 4) is 5.75 Å². The molecule has 0 aliphatic heterocycles. The van der Waals surface area contributed by atoms with Crippen LogP contribution in [0, 0.1) is 12.7 Å². The normalized spacial score (nSPS) is 12.2. The molecular formula is C16H17FO2. The Kier molecular flexibility index (Phi) is 4.17. The lowest BCUT2D eigenvalue weighted by Crippen LogP contribution is -2.05. The van der Waals surface area contributed by atoms with Crippen molar-refractivity contribution in [2.75, 3.05) is 7.11 Å². The van der Waals surface area contributed by atoms with Gasteiger partial charge < -0.3 is 9.84 Å². The molecule has 0 spiro atoms. The number of aliphatic hydroxyl groups excluding tert-OH is 1. The Balaban J connectivity index is 2.25. The van der Waals surface area contributed by atoms with Crippen LogP contribution in [0.1, 0.15) is 22.8 Å². The molecule has 0 aliphatic rings. The Morgan fingerprint density at radius 2 is 1.95 bits per heavy atom. The van der Waals surface area contributed by atoms with Crippen LogP contribution in [0.15, 0.2) is 42.5 Å². The lowest BCUT2D eigenvalue weighted by atomic mass is 9.97. The van der Waals surface area contributed by atoms with Crippen LogP contribution in [-0.2, 0) is 6.42 Å². The van der Waals surface area contributed by atoms with Crippen molar-refractivity contribution in [1.82, 2.24) is 0 Å². The largest absolute Gasteiger partial charge is 0.496 e. The van der Waals surface area contributed by atoms with E-state index in [4.69, 9.17) is 4.74 Å². The SMILES string of the molecule is COc1ccccc1C(O)Cc1cc(F)ccc1C. The van der Waals surface area contributed by atoms with Crippen LogP contribution >= 0.6 is 0 Å². The van der Waals surface area contributed by atoms with Crippen molar-refractivity contribution < 1.29 is 14.2 Å². The van der Waals surface area contributed by atoms with Crippen LogP contribution in [0.5, 0.6) is 5.75 Å². The van der Waals surface area contributed by atoms with E-state index in [2.05, 4.69) is 0 Å². The standard InChI is InChI=1S/C16H17FO2/c1-11-7-8-13(17)9-12(11)10-15(18)14-5-3-4-6-16(14)19-2/h3-9,15,18H,10H2,1-2H3. The molecule has 0 aromatic heterocycles. The topological polar surface area (TPSA) is 29.5 Å². The van der Waals surface area contributed by atoms with Gasteiger partial charge in [-0.2, -0.15) is 0 Å². The zero-order valence-electron chi connectivity index (χ0n) is 11.1. The van der Waals surface area contributed by atoms with Gasteiger partial charge in [-0.1, -0.05) is 24.3 Å². The second kappa shape index (κ2) is 5.85. The quantitative estimate of drug-likeness (QED) is 0.912. The minimum absolute atomic E-state index is 0.284. The molecule has 0 amide bonds. The van der Waals surface area contributed by atoms with Gasteiger partial charge in [-0.15, -0.1) is 0 Å². The molecule has 0 saturated heterocycles. The van der Waals surface area contributed by atoms with Crippen molar-refractivity contribution >= 4 is 0 Å². The van der Waals surface area contributed by atoms with Gasteiger partial charge in [0.2, 0.25) is 0 Å². The van der Waals surface area contributed by atoms with Crippen LogP contribution in [0.25, 0.3) is 0 Å². The first kappa shape index (κ1) is 13.6. The molecule has 100 valence electrons. The second-order valence-corrected chi connectivity index (χ2v) is 4.53. The van der Waals surface area contributed by atoms with Gasteiger partial charge in [0.25, 0.3) is 0 Å². The molecule has 0 bridgehead atoms. The fraction of sp³-hybridized carbons (Fsp3) is 0.250. The molecule has 1 N–H and O–H groups in total. The predicted molar refractivity (Wildman–Crippen MR) is 72.8 cm³/mol. The fourth-order valence-electron chi connectivity index (χ4n) is 2.12. The van der Waals surface area contributed by atoms with Crippen molar-refractivity contribution in [1.29, 1.82) is 0 Å². The number of hydrogen-bond donors (Lipinski definition) is 1. The summed E-state index contributed by atoms with van der Waals surface area (Å²) in [5.74, 6) is 0.358. The molecule has 19 heavy (non-hydrogen) atoms. The molecule has 0 heterocycles. The number of aliphatic hydroxyl groups is 1. The summed E-state index contributed by atoms with van der Waals surface area (Å²) in [5.41, 5.74) is 2.49. The molecule has 3 heteroatoms. The Morgan fingerprint density at radius 3 is 2.68 bits per heavy atom. The van der Waals surface area contributed by atoms with E-state index in [9.17, 15) is 9.50 Å². The molecule has 1 atom stereocenters. The minimum atomic E-state index is -0.711. The maximum atomic E-state index is 13.2. The van der Waals surface area contributed by atoms with Gasteiger partial charge in [-0.3, -0.25) is 0 Å². The zero-order chi connectivity index (χ0) is 13.8. The summed E-state index contributed by atoms with van der Waals surface area (Å²) in [6, 6.07) is 11.9. The van der Waals surface area contributed by atoms with Gasteiger partial charge in [0, 0.05) is 12.0 Å². The van der Waals surface area contributed by atoms with Gasteiger partial charge in [0.15, 0.2) is 0 Å². The Labute approximate surface area is 112 Å². The highest BCUT2D eigenvalue weighted by atomic mass is 19.1. The summed E-state index contributed by atoms with van der Waals surface area (Å²) in [6.45, 7) is 1.91. The number of para-hydroxylation sites is 1. The van der Waals surface area contributed by atoms with E-state index in [0.717, 1.165) is 11.1 Å². The van der Waals surface area contributed by atoms with Crippen LogP contribution in [-0.4, -0.2) is 12.2 Å². The average Bonchev–Trinajstić information content (AvgIpc) is 2.42. The Hall–Kier alpha value is -1.87. The maximum Gasteiger partial charge on any atom is 0.124 e. The highest BCUT2D eigenvalue weighted by Crippen LogP contribution is 2.28. The monoisotopic (exact) mass is 260 g/mol. The minimum Gasteiger partial charge on any atom is -0.496 e. The van der Waals surface area contributed by atoms with E-state index in [1.54, 1.807) is 19.2 Å². The summed E-state index contributed by atoms with van der Waals surface area (Å²) in [6.07, 6.45) is -0.346. The van der Waals surface area contributed by atoms with Crippen LogP contribution in [0.2, 0.25) is 0 Å². The summed E-state index contributed by atoms with van der Waals surface area (Å²) < 4.78 is 18.5. The molecule has 2 nitrogen and oxygen atoms in total. The molecule has 2 rings (SSSR count). The average molecular weight is 260 g/mol. The number of methoxy groups -OCH3 is 1. The number of aryl methyl sites for hydroxylation is 1. The molecule has 1 unspecified atom stereocenters. The molecule has 0 radical (unpaired) electrons. The summed E-state index contributed by atoms with van der Waals surface area (Å²) >= 11 is 0. The summed E-state index contributed by atoms with van der Waals surface area (Å²) in [5, 5.41) is 10.3. The second-order valence-electron chi connectivity index (χ2n) is 4.53. The van der Waals surface area contributed by atoms with E-state index in [-0.39, 0.29) is 5.82 Å². The third kappa shape index (κ3) is 3.12. The molecule has 2 aromatic carbocycles. The van der Waals surface area contributed by atoms with E-state index < -0.39 is 6.10 Å². The number of rotatable bonds is 4. The van der Waals surface area contributed by atoms with Gasteiger partial charge in [0.05, 0.1) is 13.2 Å². The predicted octanol–water partition coefficient (Wildman–Crippen LogP) is 3.42. The third-order valence-corrected chi connectivity index (χ3v) is 3.22. The molecule has 2 aromatic rings. The zero-order valence-corrected chi connectivity index (χ0v) is 11.1. The number of halogens is 1. The smallest absolute Gasteiger partial charge is 0.124 e. The van der Waals surface area contributed by atoms with E-state index in [1.165, 1.54) is 12.1 Å². The summed E-state index contributed by atoms with van der Waals surface area (Å²) in [4.78, 5) is 0. The number of hydrogen-bond acceptors (Lipinski definition) is 2. The lowest BCUT2D eigenvalue weighted by Gasteiger charge is -2.16. The van der Waals surface area contributed by atoms with Gasteiger partial charge in [-0.25, -0.2) is 4.39 Å². The van der Waals surface area contributed by atoms with Crippen molar-refractivity contribution in [2.45, 2.75) is 19.4 Å². The summed E-state index contributed by atoms with van der Waals surface area (Å²) in [7, 11) is 1.57. The first-order chi connectivity index (χ1) is 9.11.